The molecule has 2 aliphatic heterocycles. The molecular weight excluding hydrogens is 574 g/mol. The first-order valence-electron chi connectivity index (χ1n) is 14.9. The van der Waals surface area contributed by atoms with Crippen molar-refractivity contribution in [2.75, 3.05) is 6.54 Å². The minimum Gasteiger partial charge on any atom is -0.444 e. The van der Waals surface area contributed by atoms with Gasteiger partial charge in [0.15, 0.2) is 0 Å². The Morgan fingerprint density at radius 3 is 2.53 bits per heavy atom. The van der Waals surface area contributed by atoms with Gasteiger partial charge in [-0.15, -0.1) is 0 Å². The Morgan fingerprint density at radius 2 is 1.81 bits per heavy atom. The van der Waals surface area contributed by atoms with Gasteiger partial charge in [-0.1, -0.05) is 55.3 Å². The molecule has 4 atom stereocenters. The number of rotatable bonds is 6. The van der Waals surface area contributed by atoms with Gasteiger partial charge in [-0.3, -0.25) is 14.4 Å². The van der Waals surface area contributed by atoms with E-state index in [4.69, 9.17) is 4.74 Å². The highest BCUT2D eigenvalue weighted by atomic mass is 32.2. The van der Waals surface area contributed by atoms with Crippen molar-refractivity contribution < 1.29 is 32.3 Å². The Morgan fingerprint density at radius 1 is 1.07 bits per heavy atom. The maximum atomic E-state index is 13.7. The van der Waals surface area contributed by atoms with Crippen molar-refractivity contribution in [1.29, 1.82) is 0 Å². The van der Waals surface area contributed by atoms with Gasteiger partial charge < -0.3 is 20.3 Å². The molecule has 0 aromatic heterocycles. The van der Waals surface area contributed by atoms with Crippen LogP contribution in [-0.2, 0) is 35.9 Å². The molecule has 236 valence electrons. The molecule has 1 saturated carbocycles. The lowest BCUT2D eigenvalue weighted by atomic mass is 10.0. The van der Waals surface area contributed by atoms with Gasteiger partial charge >= 0.3 is 16.3 Å². The fraction of sp³-hybridized carbons (Fsp3) is 0.600. The maximum absolute atomic E-state index is 13.7. The summed E-state index contributed by atoms with van der Waals surface area (Å²) in [7, 11) is -4.22. The van der Waals surface area contributed by atoms with Crippen molar-refractivity contribution in [2.45, 2.75) is 102 Å². The SMILES string of the molecule is CC(C)(C)OC(=O)NC1CCCCC/C=C\C2CC2(C(=O)NS(=O)(=O)NCc2ccccc2)NC(=O)C2CCCN2C1=O. The molecule has 4 rings (SSSR count). The number of hydrogen-bond acceptors (Lipinski definition) is 7. The average molecular weight is 618 g/mol. The van der Waals surface area contributed by atoms with Crippen molar-refractivity contribution in [3.63, 3.8) is 0 Å². The fourth-order valence-electron chi connectivity index (χ4n) is 5.57. The summed E-state index contributed by atoms with van der Waals surface area (Å²) >= 11 is 0. The molecule has 13 heteroatoms. The zero-order valence-electron chi connectivity index (χ0n) is 25.1. The standard InChI is InChI=1S/C30H43N5O7S/c1-29(2,3)42-28(39)32-23-16-11-6-4-5-10-15-22-19-30(22,33-25(36)24-17-12-18-35(24)26(23)37)27(38)34-43(40,41)31-20-21-13-8-7-9-14-21/h7-10,13-15,22-24,31H,4-6,11-12,16-20H2,1-3H3,(H,32,39)(H,33,36)(H,34,38)/b15-10-. The van der Waals surface area contributed by atoms with Gasteiger partial charge in [0.25, 0.3) is 5.91 Å². The highest BCUT2D eigenvalue weighted by Crippen LogP contribution is 2.45. The molecule has 0 bridgehead atoms. The predicted octanol–water partition coefficient (Wildman–Crippen LogP) is 2.42. The number of fused-ring (bicyclic) bond motifs is 2. The van der Waals surface area contributed by atoms with E-state index in [1.54, 1.807) is 45.0 Å². The minimum absolute atomic E-state index is 0.0101. The van der Waals surface area contributed by atoms with Crippen LogP contribution in [0.4, 0.5) is 4.79 Å². The van der Waals surface area contributed by atoms with Crippen LogP contribution in [0.1, 0.15) is 77.7 Å². The predicted molar refractivity (Wildman–Crippen MR) is 159 cm³/mol. The average Bonchev–Trinajstić information content (AvgIpc) is 3.39. The van der Waals surface area contributed by atoms with Crippen LogP contribution < -0.4 is 20.1 Å². The second kappa shape index (κ2) is 13.5. The van der Waals surface area contributed by atoms with Crippen molar-refractivity contribution in [2.24, 2.45) is 5.92 Å². The number of amides is 4. The topological polar surface area (TPSA) is 163 Å². The molecule has 1 aromatic rings. The Labute approximate surface area is 253 Å². The lowest BCUT2D eigenvalue weighted by molar-refractivity contribution is -0.141. The van der Waals surface area contributed by atoms with E-state index < -0.39 is 57.3 Å². The van der Waals surface area contributed by atoms with Crippen LogP contribution in [0.25, 0.3) is 0 Å². The van der Waals surface area contributed by atoms with Crippen LogP contribution in [0.5, 0.6) is 0 Å². The Kier molecular flexibility index (Phi) is 10.2. The molecule has 43 heavy (non-hydrogen) atoms. The van der Waals surface area contributed by atoms with E-state index >= 15 is 0 Å². The van der Waals surface area contributed by atoms with Crippen LogP contribution >= 0.6 is 0 Å². The van der Waals surface area contributed by atoms with Crippen LogP contribution in [-0.4, -0.2) is 66.9 Å². The van der Waals surface area contributed by atoms with Crippen LogP contribution in [0.2, 0.25) is 0 Å². The van der Waals surface area contributed by atoms with Crippen molar-refractivity contribution in [1.82, 2.24) is 25.0 Å². The maximum Gasteiger partial charge on any atom is 0.408 e. The lowest BCUT2D eigenvalue weighted by Crippen LogP contribution is -2.59. The summed E-state index contributed by atoms with van der Waals surface area (Å²) in [6.07, 6.45) is 7.72. The molecule has 4 N–H and O–H groups in total. The van der Waals surface area contributed by atoms with Crippen molar-refractivity contribution in [3.8, 4) is 0 Å². The minimum atomic E-state index is -4.22. The molecule has 1 aromatic carbocycles. The zero-order valence-corrected chi connectivity index (χ0v) is 25.9. The number of allylic oxidation sites excluding steroid dienone is 1. The van der Waals surface area contributed by atoms with Gasteiger partial charge in [-0.2, -0.15) is 13.1 Å². The summed E-state index contributed by atoms with van der Waals surface area (Å²) in [5.74, 6) is -2.13. The summed E-state index contributed by atoms with van der Waals surface area (Å²) in [5.41, 5.74) is -1.48. The monoisotopic (exact) mass is 617 g/mol. The van der Waals surface area contributed by atoms with E-state index in [0.717, 1.165) is 18.4 Å². The zero-order chi connectivity index (χ0) is 31.3. The highest BCUT2D eigenvalue weighted by Gasteiger charge is 2.61. The first kappa shape index (κ1) is 32.5. The van der Waals surface area contributed by atoms with E-state index in [-0.39, 0.29) is 18.9 Å². The second-order valence-electron chi connectivity index (χ2n) is 12.5. The smallest absolute Gasteiger partial charge is 0.408 e. The number of carbonyl (C=O) groups is 4. The third-order valence-electron chi connectivity index (χ3n) is 7.86. The number of hydrogen-bond donors (Lipinski definition) is 4. The largest absolute Gasteiger partial charge is 0.444 e. The van der Waals surface area contributed by atoms with Gasteiger partial charge in [0.05, 0.1) is 0 Å². The molecule has 4 amide bonds. The van der Waals surface area contributed by atoms with Gasteiger partial charge in [0.2, 0.25) is 11.8 Å². The molecule has 12 nitrogen and oxygen atoms in total. The number of nitrogens with zero attached hydrogens (tertiary/aromatic N) is 1. The van der Waals surface area contributed by atoms with Crippen LogP contribution in [0, 0.1) is 5.92 Å². The number of nitrogens with one attached hydrogen (secondary N) is 4. The van der Waals surface area contributed by atoms with E-state index in [0.29, 0.717) is 38.6 Å². The van der Waals surface area contributed by atoms with Gasteiger partial charge in [-0.05, 0) is 64.9 Å². The summed E-state index contributed by atoms with van der Waals surface area (Å²) in [4.78, 5) is 54.8. The summed E-state index contributed by atoms with van der Waals surface area (Å²) < 4.78 is 35.4. The molecule has 0 spiro atoms. The Bertz CT molecular complexity index is 1330. The Balaban J connectivity index is 1.50. The van der Waals surface area contributed by atoms with Crippen LogP contribution in [0.3, 0.4) is 0 Å². The molecule has 2 fully saturated rings. The van der Waals surface area contributed by atoms with Gasteiger partial charge in [0.1, 0.15) is 23.2 Å². The molecule has 1 aliphatic carbocycles. The summed E-state index contributed by atoms with van der Waals surface area (Å²) in [6, 6.07) is 7.16. The van der Waals surface area contributed by atoms with E-state index in [1.807, 2.05) is 18.2 Å². The molecule has 1 saturated heterocycles. The molecule has 3 aliphatic rings. The number of benzene rings is 1. The highest BCUT2D eigenvalue weighted by molar-refractivity contribution is 7.88. The number of ether oxygens (including phenoxy) is 1. The van der Waals surface area contributed by atoms with Crippen LogP contribution in [0.15, 0.2) is 42.5 Å². The van der Waals surface area contributed by atoms with E-state index in [2.05, 4.69) is 20.1 Å². The Hall–Kier alpha value is -3.45. The fourth-order valence-corrected chi connectivity index (χ4v) is 6.42. The first-order valence-corrected chi connectivity index (χ1v) is 16.4. The third-order valence-corrected chi connectivity index (χ3v) is 8.84. The van der Waals surface area contributed by atoms with E-state index in [9.17, 15) is 27.6 Å². The normalized spacial score (nSPS) is 27.4. The number of alkyl carbamates (subject to hydrolysis) is 1. The summed E-state index contributed by atoms with van der Waals surface area (Å²) in [6.45, 7) is 5.52. The van der Waals surface area contributed by atoms with Crippen molar-refractivity contribution in [3.05, 3.63) is 48.0 Å². The quantitative estimate of drug-likeness (QED) is 0.356. The first-order chi connectivity index (χ1) is 20.3. The lowest BCUT2D eigenvalue weighted by Gasteiger charge is -2.30. The molecule has 4 unspecified atom stereocenters. The van der Waals surface area contributed by atoms with E-state index in [1.165, 1.54) is 4.90 Å². The number of carbonyl (C=O) groups excluding carboxylic acids is 4. The summed E-state index contributed by atoms with van der Waals surface area (Å²) in [5, 5.41) is 5.51. The molecule has 0 radical (unpaired) electrons. The second-order valence-corrected chi connectivity index (χ2v) is 14.0. The third kappa shape index (κ3) is 8.79. The van der Waals surface area contributed by atoms with Gasteiger partial charge in [-0.25, -0.2) is 9.52 Å². The van der Waals surface area contributed by atoms with Gasteiger partial charge in [0, 0.05) is 19.0 Å². The molecular formula is C30H43N5O7S. The molecule has 2 heterocycles. The van der Waals surface area contributed by atoms with Crippen molar-refractivity contribution >= 4 is 34.0 Å².